The molecule has 0 aliphatic carbocycles. The van der Waals surface area contributed by atoms with E-state index in [1.807, 2.05) is 0 Å². The highest BCUT2D eigenvalue weighted by atomic mass is 32.2. The highest BCUT2D eigenvalue weighted by Crippen LogP contribution is 2.38. The molecule has 0 amide bonds. The Balaban J connectivity index is 2.77. The average molecular weight is 254 g/mol. The molecular weight excluding hydrogens is 236 g/mol. The maximum atomic E-state index is 10.5. The summed E-state index contributed by atoms with van der Waals surface area (Å²) in [6.45, 7) is 6.54. The number of thioether (sulfide) groups is 1. The zero-order valence-corrected chi connectivity index (χ0v) is 11.3. The van der Waals surface area contributed by atoms with Crippen molar-refractivity contribution in [3.8, 4) is 0 Å². The lowest BCUT2D eigenvalue weighted by molar-refractivity contribution is -0.385. The minimum Gasteiger partial charge on any atom is -0.258 e. The molecule has 0 N–H and O–H groups in total. The van der Waals surface area contributed by atoms with Gasteiger partial charge in [-0.25, -0.2) is 4.98 Å². The number of nitro groups is 1. The monoisotopic (exact) mass is 254 g/mol. The van der Waals surface area contributed by atoms with Gasteiger partial charge < -0.3 is 0 Å². The summed E-state index contributed by atoms with van der Waals surface area (Å²) in [7, 11) is 0. The van der Waals surface area contributed by atoms with E-state index >= 15 is 0 Å². The van der Waals surface area contributed by atoms with Crippen LogP contribution in [0.3, 0.4) is 0 Å². The molecular formula is C12H18N2O2S. The van der Waals surface area contributed by atoms with Crippen molar-refractivity contribution in [1.29, 1.82) is 0 Å². The summed E-state index contributed by atoms with van der Waals surface area (Å²) >= 11 is 1.70. The second kappa shape index (κ2) is 6.00. The van der Waals surface area contributed by atoms with Crippen molar-refractivity contribution in [2.24, 2.45) is 0 Å². The van der Waals surface area contributed by atoms with Crippen LogP contribution in [0, 0.1) is 10.1 Å². The van der Waals surface area contributed by atoms with Gasteiger partial charge in [-0.05, 0) is 18.9 Å². The van der Waals surface area contributed by atoms with Gasteiger partial charge in [-0.3, -0.25) is 10.1 Å². The van der Waals surface area contributed by atoms with Crippen LogP contribution < -0.4 is 0 Å². The first-order valence-corrected chi connectivity index (χ1v) is 6.62. The van der Waals surface area contributed by atoms with Crippen LogP contribution in [0.2, 0.25) is 0 Å². The molecule has 0 spiro atoms. The Kier molecular flexibility index (Phi) is 4.93. The molecule has 1 rings (SSSR count). The smallest absolute Gasteiger partial charge is 0.258 e. The van der Waals surface area contributed by atoms with Crippen LogP contribution in [0.4, 0.5) is 5.69 Å². The van der Waals surface area contributed by atoms with E-state index < -0.39 is 4.92 Å². The summed E-state index contributed by atoms with van der Waals surface area (Å²) < 4.78 is 0.165. The lowest BCUT2D eigenvalue weighted by Crippen LogP contribution is -2.18. The second-order valence-electron chi connectivity index (χ2n) is 4.27. The molecule has 1 aromatic heterocycles. The van der Waals surface area contributed by atoms with Crippen molar-refractivity contribution >= 4 is 17.4 Å². The Labute approximate surface area is 106 Å². The Hall–Kier alpha value is -1.10. The molecule has 94 valence electrons. The third-order valence-electron chi connectivity index (χ3n) is 2.81. The minimum absolute atomic E-state index is 0.0445. The Bertz CT molecular complexity index is 381. The van der Waals surface area contributed by atoms with Gasteiger partial charge in [-0.15, -0.1) is 0 Å². The van der Waals surface area contributed by atoms with Gasteiger partial charge in [0.15, 0.2) is 0 Å². The molecule has 1 unspecified atom stereocenters. The molecule has 1 aromatic rings. The maximum Gasteiger partial charge on any atom is 0.287 e. The molecule has 0 radical (unpaired) electrons. The minimum atomic E-state index is -0.424. The van der Waals surface area contributed by atoms with E-state index in [1.165, 1.54) is 12.3 Å². The maximum absolute atomic E-state index is 10.5. The molecule has 4 nitrogen and oxygen atoms in total. The summed E-state index contributed by atoms with van der Waals surface area (Å²) in [5.74, 6) is 0. The van der Waals surface area contributed by atoms with Crippen LogP contribution in [0.15, 0.2) is 23.4 Å². The van der Waals surface area contributed by atoms with Crippen molar-refractivity contribution in [1.82, 2.24) is 4.98 Å². The largest absolute Gasteiger partial charge is 0.287 e. The van der Waals surface area contributed by atoms with E-state index in [9.17, 15) is 10.1 Å². The summed E-state index contributed by atoms with van der Waals surface area (Å²) in [4.78, 5) is 14.2. The Morgan fingerprint density at radius 3 is 2.59 bits per heavy atom. The fourth-order valence-electron chi connectivity index (χ4n) is 1.62. The predicted molar refractivity (Wildman–Crippen MR) is 70.4 cm³/mol. The number of rotatable bonds is 6. The zero-order valence-electron chi connectivity index (χ0n) is 10.5. The van der Waals surface area contributed by atoms with E-state index in [2.05, 4.69) is 25.8 Å². The molecule has 0 fully saturated rings. The van der Waals surface area contributed by atoms with Crippen molar-refractivity contribution in [2.45, 2.75) is 49.8 Å². The van der Waals surface area contributed by atoms with Crippen molar-refractivity contribution in [2.75, 3.05) is 0 Å². The third kappa shape index (κ3) is 4.00. The van der Waals surface area contributed by atoms with Crippen molar-refractivity contribution < 1.29 is 4.92 Å². The predicted octanol–water partition coefficient (Wildman–Crippen LogP) is 4.05. The van der Waals surface area contributed by atoms with Crippen LogP contribution >= 0.6 is 11.8 Å². The third-order valence-corrected chi connectivity index (χ3v) is 4.25. The molecule has 0 aliphatic rings. The molecule has 0 saturated carbocycles. The molecule has 0 bridgehead atoms. The van der Waals surface area contributed by atoms with Gasteiger partial charge in [0, 0.05) is 10.8 Å². The highest BCUT2D eigenvalue weighted by molar-refractivity contribution is 8.00. The number of hydrogen-bond donors (Lipinski definition) is 0. The summed E-state index contributed by atoms with van der Waals surface area (Å²) in [6.07, 6.45) is 4.63. The van der Waals surface area contributed by atoms with Crippen LogP contribution in [-0.4, -0.2) is 14.7 Å². The quantitative estimate of drug-likeness (QED) is 0.436. The lowest BCUT2D eigenvalue weighted by atomic mass is 10.0. The molecule has 1 atom stereocenters. The van der Waals surface area contributed by atoms with Crippen LogP contribution in [-0.2, 0) is 0 Å². The SMILES string of the molecule is CCCC(C)(CC)Sc1ccc([N+](=O)[O-])cn1. The number of nitrogens with zero attached hydrogens (tertiary/aromatic N) is 2. The van der Waals surface area contributed by atoms with Gasteiger partial charge in [0.2, 0.25) is 0 Å². The van der Waals surface area contributed by atoms with Crippen LogP contribution in [0.25, 0.3) is 0 Å². The Morgan fingerprint density at radius 1 is 1.47 bits per heavy atom. The summed E-state index contributed by atoms with van der Waals surface area (Å²) in [5.41, 5.74) is 0.0445. The number of hydrogen-bond acceptors (Lipinski definition) is 4. The molecule has 1 heterocycles. The highest BCUT2D eigenvalue weighted by Gasteiger charge is 2.23. The van der Waals surface area contributed by atoms with E-state index in [0.717, 1.165) is 24.3 Å². The molecule has 0 aromatic carbocycles. The van der Waals surface area contributed by atoms with Gasteiger partial charge in [0.05, 0.1) is 9.95 Å². The standard InChI is InChI=1S/C12H18N2O2S/c1-4-8-12(3,5-2)17-11-7-6-10(9-13-11)14(15)16/h6-7,9H,4-5,8H2,1-3H3. The molecule has 17 heavy (non-hydrogen) atoms. The van der Waals surface area contributed by atoms with E-state index in [-0.39, 0.29) is 10.4 Å². The summed E-state index contributed by atoms with van der Waals surface area (Å²) in [5, 5.41) is 11.4. The molecule has 5 heteroatoms. The van der Waals surface area contributed by atoms with Gasteiger partial charge in [-0.1, -0.05) is 39.0 Å². The fourth-order valence-corrected chi connectivity index (χ4v) is 2.82. The average Bonchev–Trinajstić information content (AvgIpc) is 2.30. The fraction of sp³-hybridized carbons (Fsp3) is 0.583. The van der Waals surface area contributed by atoms with Gasteiger partial charge >= 0.3 is 0 Å². The molecule has 0 saturated heterocycles. The molecule has 0 aliphatic heterocycles. The normalized spacial score (nSPS) is 14.3. The van der Waals surface area contributed by atoms with E-state index in [4.69, 9.17) is 0 Å². The van der Waals surface area contributed by atoms with Crippen molar-refractivity contribution in [3.05, 3.63) is 28.4 Å². The zero-order chi connectivity index (χ0) is 12.9. The number of pyridine rings is 1. The van der Waals surface area contributed by atoms with Crippen LogP contribution in [0.1, 0.15) is 40.0 Å². The topological polar surface area (TPSA) is 56.0 Å². The van der Waals surface area contributed by atoms with E-state index in [0.29, 0.717) is 0 Å². The van der Waals surface area contributed by atoms with Crippen molar-refractivity contribution in [3.63, 3.8) is 0 Å². The van der Waals surface area contributed by atoms with Gasteiger partial charge in [0.25, 0.3) is 5.69 Å². The Morgan fingerprint density at radius 2 is 2.18 bits per heavy atom. The second-order valence-corrected chi connectivity index (χ2v) is 5.88. The first kappa shape index (κ1) is 14.0. The first-order chi connectivity index (χ1) is 8.00. The first-order valence-electron chi connectivity index (χ1n) is 5.80. The lowest BCUT2D eigenvalue weighted by Gasteiger charge is -2.26. The summed E-state index contributed by atoms with van der Waals surface area (Å²) in [6, 6.07) is 3.24. The van der Waals surface area contributed by atoms with E-state index in [1.54, 1.807) is 17.8 Å². The van der Waals surface area contributed by atoms with Gasteiger partial charge in [0.1, 0.15) is 6.20 Å². The number of aromatic nitrogens is 1. The van der Waals surface area contributed by atoms with Crippen LogP contribution in [0.5, 0.6) is 0 Å². The van der Waals surface area contributed by atoms with Gasteiger partial charge in [-0.2, -0.15) is 0 Å².